The van der Waals surface area contributed by atoms with Crippen LogP contribution in [0.2, 0.25) is 0 Å². The highest BCUT2D eigenvalue weighted by Gasteiger charge is 2.31. The molecule has 142 valence electrons. The van der Waals surface area contributed by atoms with Crippen LogP contribution in [0.3, 0.4) is 0 Å². The predicted molar refractivity (Wildman–Crippen MR) is 115 cm³/mol. The maximum Gasteiger partial charge on any atom is 0.181 e. The van der Waals surface area contributed by atoms with Gasteiger partial charge in [-0.3, -0.25) is 14.4 Å². The second-order valence-electron chi connectivity index (χ2n) is 6.46. The Kier molecular flexibility index (Phi) is 6.80. The van der Waals surface area contributed by atoms with Gasteiger partial charge in [-0.2, -0.15) is 0 Å². The van der Waals surface area contributed by atoms with Crippen LogP contribution in [-0.2, 0) is 9.59 Å². The van der Waals surface area contributed by atoms with E-state index in [1.165, 1.54) is 12.2 Å². The van der Waals surface area contributed by atoms with Crippen molar-refractivity contribution >= 4 is 29.5 Å². The summed E-state index contributed by atoms with van der Waals surface area (Å²) in [6.07, 6.45) is 5.83. The third-order valence-electron chi connectivity index (χ3n) is 4.37. The Morgan fingerprint density at radius 3 is 1.34 bits per heavy atom. The molecule has 0 bridgehead atoms. The van der Waals surface area contributed by atoms with Crippen LogP contribution >= 0.6 is 0 Å². The summed E-state index contributed by atoms with van der Waals surface area (Å²) in [4.78, 5) is 38.6. The summed E-state index contributed by atoms with van der Waals surface area (Å²) < 4.78 is 0. The van der Waals surface area contributed by atoms with E-state index in [-0.39, 0.29) is 0 Å². The highest BCUT2D eigenvalue weighted by molar-refractivity contribution is 6.29. The van der Waals surface area contributed by atoms with Gasteiger partial charge in [0.1, 0.15) is 5.92 Å². The van der Waals surface area contributed by atoms with E-state index in [4.69, 9.17) is 0 Å². The van der Waals surface area contributed by atoms with Crippen LogP contribution in [0, 0.1) is 5.92 Å². The maximum absolute atomic E-state index is 12.9. The normalized spacial score (nSPS) is 12.1. The first-order chi connectivity index (χ1) is 14.1. The van der Waals surface area contributed by atoms with Crippen molar-refractivity contribution in [3.05, 3.63) is 120 Å². The fraction of sp³-hybridized carbons (Fsp3) is 0.0385. The number of ketones is 3. The minimum atomic E-state index is -1.41. The summed E-state index contributed by atoms with van der Waals surface area (Å²) in [5.74, 6) is -2.98. The number of rotatable bonds is 8. The molecule has 3 rings (SSSR count). The lowest BCUT2D eigenvalue weighted by atomic mass is 9.89. The number of benzene rings is 3. The second-order valence-corrected chi connectivity index (χ2v) is 6.46. The molecule has 0 aliphatic rings. The van der Waals surface area contributed by atoms with Gasteiger partial charge in [-0.15, -0.1) is 0 Å². The Bertz CT molecular complexity index is 972. The van der Waals surface area contributed by atoms with Gasteiger partial charge in [0.2, 0.25) is 0 Å². The molecule has 3 heteroatoms. The van der Waals surface area contributed by atoms with Crippen molar-refractivity contribution < 1.29 is 14.4 Å². The molecule has 0 aliphatic carbocycles. The lowest BCUT2D eigenvalue weighted by Crippen LogP contribution is -2.30. The molecule has 0 atom stereocenters. The molecule has 0 N–H and O–H groups in total. The SMILES string of the molecule is O=C(C=Cc1ccccc1)C(C(=O)C=Cc1ccccc1)C(=O)c1ccccc1. The predicted octanol–water partition coefficient (Wildman–Crippen LogP) is 5.05. The van der Waals surface area contributed by atoms with Gasteiger partial charge >= 0.3 is 0 Å². The van der Waals surface area contributed by atoms with E-state index in [0.717, 1.165) is 11.1 Å². The van der Waals surface area contributed by atoms with E-state index in [9.17, 15) is 14.4 Å². The van der Waals surface area contributed by atoms with Crippen molar-refractivity contribution in [3.8, 4) is 0 Å². The molecule has 0 aromatic heterocycles. The van der Waals surface area contributed by atoms with Crippen LogP contribution in [-0.4, -0.2) is 17.3 Å². The Morgan fingerprint density at radius 1 is 0.552 bits per heavy atom. The van der Waals surface area contributed by atoms with Gasteiger partial charge in [0.15, 0.2) is 17.3 Å². The standard InChI is InChI=1S/C26H20O3/c27-23(18-16-20-10-4-1-5-11-20)25(26(29)22-14-8-3-9-15-22)24(28)19-17-21-12-6-2-7-13-21/h1-19,25H. The third kappa shape index (κ3) is 5.56. The Morgan fingerprint density at radius 2 is 0.931 bits per heavy atom. The first-order valence-electron chi connectivity index (χ1n) is 9.28. The molecule has 0 amide bonds. The number of carbonyl (C=O) groups is 3. The van der Waals surface area contributed by atoms with E-state index >= 15 is 0 Å². The van der Waals surface area contributed by atoms with Crippen LogP contribution in [0.25, 0.3) is 12.2 Å². The van der Waals surface area contributed by atoms with Gasteiger partial charge in [0.05, 0.1) is 0 Å². The van der Waals surface area contributed by atoms with E-state index in [1.807, 2.05) is 60.7 Å². The third-order valence-corrected chi connectivity index (χ3v) is 4.37. The van der Waals surface area contributed by atoms with E-state index < -0.39 is 23.3 Å². The van der Waals surface area contributed by atoms with Crippen molar-refractivity contribution in [2.45, 2.75) is 0 Å². The molecular weight excluding hydrogens is 360 g/mol. The zero-order valence-corrected chi connectivity index (χ0v) is 15.8. The molecule has 0 saturated heterocycles. The van der Waals surface area contributed by atoms with Crippen molar-refractivity contribution in [2.75, 3.05) is 0 Å². The molecule has 0 saturated carbocycles. The van der Waals surface area contributed by atoms with Gasteiger partial charge < -0.3 is 0 Å². The summed E-state index contributed by atoms with van der Waals surface area (Å²) in [6, 6.07) is 26.9. The molecule has 0 heterocycles. The van der Waals surface area contributed by atoms with Crippen LogP contribution in [0.5, 0.6) is 0 Å². The van der Waals surface area contributed by atoms with Gasteiger partial charge in [-0.05, 0) is 23.3 Å². The van der Waals surface area contributed by atoms with Crippen molar-refractivity contribution in [1.82, 2.24) is 0 Å². The van der Waals surface area contributed by atoms with Gasteiger partial charge in [0, 0.05) is 5.56 Å². The molecule has 0 fully saturated rings. The number of allylic oxidation sites excluding steroid dienone is 2. The molecule has 0 aliphatic heterocycles. The fourth-order valence-electron chi connectivity index (χ4n) is 2.85. The summed E-state index contributed by atoms with van der Waals surface area (Å²) in [6.45, 7) is 0. The van der Waals surface area contributed by atoms with Crippen molar-refractivity contribution in [1.29, 1.82) is 0 Å². The molecule has 3 aromatic carbocycles. The molecule has 3 aromatic rings. The highest BCUT2D eigenvalue weighted by atomic mass is 16.2. The van der Waals surface area contributed by atoms with Crippen molar-refractivity contribution in [3.63, 3.8) is 0 Å². The largest absolute Gasteiger partial charge is 0.294 e. The lowest BCUT2D eigenvalue weighted by Gasteiger charge is -2.10. The number of Topliss-reactive ketones (excluding diaryl/α,β-unsaturated/α-hetero) is 1. The van der Waals surface area contributed by atoms with E-state index in [0.29, 0.717) is 5.56 Å². The fourth-order valence-corrected chi connectivity index (χ4v) is 2.85. The highest BCUT2D eigenvalue weighted by Crippen LogP contribution is 2.15. The molecule has 0 radical (unpaired) electrons. The van der Waals surface area contributed by atoms with Gasteiger partial charge in [0.25, 0.3) is 0 Å². The zero-order valence-electron chi connectivity index (χ0n) is 15.8. The maximum atomic E-state index is 12.9. The van der Waals surface area contributed by atoms with Crippen LogP contribution in [0.15, 0.2) is 103 Å². The summed E-state index contributed by atoms with van der Waals surface area (Å²) >= 11 is 0. The van der Waals surface area contributed by atoms with E-state index in [1.54, 1.807) is 42.5 Å². The summed E-state index contributed by atoms with van der Waals surface area (Å²) in [5, 5.41) is 0. The molecule has 0 unspecified atom stereocenters. The molecule has 3 nitrogen and oxygen atoms in total. The van der Waals surface area contributed by atoms with Gasteiger partial charge in [-0.1, -0.05) is 103 Å². The average Bonchev–Trinajstić information content (AvgIpc) is 2.78. The molecular formula is C26H20O3. The molecule has 29 heavy (non-hydrogen) atoms. The van der Waals surface area contributed by atoms with Crippen LogP contribution in [0.1, 0.15) is 21.5 Å². The smallest absolute Gasteiger partial charge is 0.181 e. The molecule has 0 spiro atoms. The summed E-state index contributed by atoms with van der Waals surface area (Å²) in [5.41, 5.74) is 1.97. The quantitative estimate of drug-likeness (QED) is 0.312. The van der Waals surface area contributed by atoms with Gasteiger partial charge in [-0.25, -0.2) is 0 Å². The first-order valence-corrected chi connectivity index (χ1v) is 9.28. The van der Waals surface area contributed by atoms with Crippen LogP contribution in [0.4, 0.5) is 0 Å². The topological polar surface area (TPSA) is 51.2 Å². The minimum absolute atomic E-state index is 0.334. The number of hydrogen-bond donors (Lipinski definition) is 0. The Balaban J connectivity index is 1.87. The summed E-state index contributed by atoms with van der Waals surface area (Å²) in [7, 11) is 0. The number of carbonyl (C=O) groups excluding carboxylic acids is 3. The zero-order chi connectivity index (χ0) is 20.5. The van der Waals surface area contributed by atoms with Crippen molar-refractivity contribution in [2.24, 2.45) is 5.92 Å². The monoisotopic (exact) mass is 380 g/mol. The Labute approximate surface area is 170 Å². The van der Waals surface area contributed by atoms with Crippen LogP contribution < -0.4 is 0 Å². The minimum Gasteiger partial charge on any atom is -0.294 e. The first kappa shape index (κ1) is 19.9. The lowest BCUT2D eigenvalue weighted by molar-refractivity contribution is -0.125. The Hall–Kier alpha value is -3.85. The number of hydrogen-bond acceptors (Lipinski definition) is 3. The van der Waals surface area contributed by atoms with E-state index in [2.05, 4.69) is 0 Å². The average molecular weight is 380 g/mol. The second kappa shape index (κ2) is 9.90.